The quantitative estimate of drug-likeness (QED) is 0.187. The lowest BCUT2D eigenvalue weighted by atomic mass is 10.1. The van der Waals surface area contributed by atoms with E-state index >= 15 is 0 Å². The maximum absolute atomic E-state index is 12.0. The van der Waals surface area contributed by atoms with Crippen LogP contribution in [-0.2, 0) is 19.7 Å². The molecule has 0 spiro atoms. The van der Waals surface area contributed by atoms with Crippen molar-refractivity contribution in [3.05, 3.63) is 112 Å². The second kappa shape index (κ2) is 11.3. The molecule has 5 aromatic rings. The fraction of sp³-hybridized carbons (Fsp3) is 0.200. The largest absolute Gasteiger partial charge is 0.486 e. The molecule has 0 unspecified atom stereocenters. The number of halogens is 2. The predicted molar refractivity (Wildman–Crippen MR) is 154 cm³/mol. The Morgan fingerprint density at radius 1 is 1.05 bits per heavy atom. The monoisotopic (exact) mass is 573 g/mol. The van der Waals surface area contributed by atoms with E-state index in [-0.39, 0.29) is 5.78 Å². The number of hydrogen-bond acceptors (Lipinski definition) is 7. The van der Waals surface area contributed by atoms with Gasteiger partial charge in [0.15, 0.2) is 5.78 Å². The van der Waals surface area contributed by atoms with Crippen LogP contribution in [0.2, 0.25) is 10.0 Å². The van der Waals surface area contributed by atoms with Gasteiger partial charge in [0, 0.05) is 29.9 Å². The molecule has 8 nitrogen and oxygen atoms in total. The molecule has 6 rings (SSSR count). The summed E-state index contributed by atoms with van der Waals surface area (Å²) < 4.78 is 13.5. The second-order valence-corrected chi connectivity index (χ2v) is 10.4. The number of nitrogens with zero attached hydrogens (tertiary/aromatic N) is 5. The Morgan fingerprint density at radius 2 is 1.95 bits per heavy atom. The first kappa shape index (κ1) is 26.3. The molecule has 1 aliphatic heterocycles. The summed E-state index contributed by atoms with van der Waals surface area (Å²) in [5.41, 5.74) is 5.47. The van der Waals surface area contributed by atoms with Crippen molar-refractivity contribution in [3.63, 3.8) is 0 Å². The summed E-state index contributed by atoms with van der Waals surface area (Å²) in [6.45, 7) is 4.45. The molecule has 0 radical (unpaired) electrons. The molecule has 0 atom stereocenters. The van der Waals surface area contributed by atoms with Crippen molar-refractivity contribution in [2.45, 2.75) is 26.6 Å². The Labute approximate surface area is 240 Å². The Kier molecular flexibility index (Phi) is 7.38. The topological polar surface area (TPSA) is 86.3 Å². The normalized spacial score (nSPS) is 13.6. The van der Waals surface area contributed by atoms with Crippen LogP contribution in [0.4, 0.5) is 0 Å². The van der Waals surface area contributed by atoms with Crippen LogP contribution in [0.25, 0.3) is 16.6 Å². The highest BCUT2D eigenvalue weighted by atomic mass is 35.5. The third kappa shape index (κ3) is 5.65. The first-order valence-electron chi connectivity index (χ1n) is 12.8. The van der Waals surface area contributed by atoms with Crippen molar-refractivity contribution in [2.75, 3.05) is 13.1 Å². The van der Waals surface area contributed by atoms with E-state index in [2.05, 4.69) is 25.5 Å². The van der Waals surface area contributed by atoms with Crippen molar-refractivity contribution in [2.24, 2.45) is 0 Å². The summed E-state index contributed by atoms with van der Waals surface area (Å²) in [5.74, 6) is 2.04. The number of oxazole rings is 1. The Bertz CT molecular complexity index is 1730. The van der Waals surface area contributed by atoms with E-state index in [0.29, 0.717) is 46.9 Å². The van der Waals surface area contributed by atoms with Crippen molar-refractivity contribution in [1.82, 2.24) is 24.4 Å². The van der Waals surface area contributed by atoms with Crippen LogP contribution in [0.3, 0.4) is 0 Å². The third-order valence-electron chi connectivity index (χ3n) is 6.82. The van der Waals surface area contributed by atoms with Crippen molar-refractivity contribution >= 4 is 45.6 Å². The minimum atomic E-state index is 0.0130. The van der Waals surface area contributed by atoms with E-state index in [1.165, 1.54) is 5.57 Å². The first-order chi connectivity index (χ1) is 19.4. The van der Waals surface area contributed by atoms with E-state index in [0.717, 1.165) is 41.2 Å². The van der Waals surface area contributed by atoms with Crippen LogP contribution in [-0.4, -0.2) is 43.3 Å². The average Bonchev–Trinajstić information content (AvgIpc) is 3.70. The van der Waals surface area contributed by atoms with Gasteiger partial charge in [0.25, 0.3) is 0 Å². The molecule has 1 aliphatic rings. The van der Waals surface area contributed by atoms with E-state index in [4.69, 9.17) is 37.3 Å². The van der Waals surface area contributed by atoms with Gasteiger partial charge in [0.1, 0.15) is 31.0 Å². The number of ether oxygens (including phenoxy) is 1. The number of carbonyl (C=O) groups is 1. The summed E-state index contributed by atoms with van der Waals surface area (Å²) in [4.78, 5) is 28.0. The molecular formula is C30H25Cl2N5O3. The molecule has 40 heavy (non-hydrogen) atoms. The van der Waals surface area contributed by atoms with Crippen LogP contribution >= 0.6 is 23.2 Å². The van der Waals surface area contributed by atoms with E-state index < -0.39 is 0 Å². The number of aromatic nitrogens is 4. The average molecular weight is 574 g/mol. The smallest absolute Gasteiger partial charge is 0.213 e. The fourth-order valence-electron chi connectivity index (χ4n) is 4.79. The Morgan fingerprint density at radius 3 is 2.75 bits per heavy atom. The summed E-state index contributed by atoms with van der Waals surface area (Å²) in [6, 6.07) is 14.8. The summed E-state index contributed by atoms with van der Waals surface area (Å²) in [6.07, 6.45) is 7.21. The number of carbonyl (C=O) groups excluding carboxylic acids is 1. The van der Waals surface area contributed by atoms with Gasteiger partial charge in [-0.3, -0.25) is 14.7 Å². The number of benzene rings is 2. The van der Waals surface area contributed by atoms with Gasteiger partial charge in [-0.15, -0.1) is 0 Å². The van der Waals surface area contributed by atoms with Crippen LogP contribution in [0, 0.1) is 0 Å². The van der Waals surface area contributed by atoms with Gasteiger partial charge >= 0.3 is 0 Å². The zero-order valence-electron chi connectivity index (χ0n) is 21.7. The second-order valence-electron chi connectivity index (χ2n) is 9.60. The lowest BCUT2D eigenvalue weighted by Crippen LogP contribution is -2.23. The van der Waals surface area contributed by atoms with Gasteiger partial charge in [-0.2, -0.15) is 0 Å². The molecule has 4 heterocycles. The predicted octanol–water partition coefficient (Wildman–Crippen LogP) is 6.46. The molecule has 0 bridgehead atoms. The molecular weight excluding hydrogens is 549 g/mol. The highest BCUT2D eigenvalue weighted by Crippen LogP contribution is 2.29. The number of ketones is 1. The third-order valence-corrected chi connectivity index (χ3v) is 7.35. The SMILES string of the molecule is CC(=O)c1ccc2nc(CN3CC=C(c4ccnc(COc5ccc(Cl)cc5Cl)c4)C3)n(Cc3ncco3)c2c1. The van der Waals surface area contributed by atoms with Gasteiger partial charge in [-0.25, -0.2) is 9.97 Å². The minimum Gasteiger partial charge on any atom is -0.486 e. The van der Waals surface area contributed by atoms with Crippen molar-refractivity contribution < 1.29 is 13.9 Å². The van der Waals surface area contributed by atoms with Gasteiger partial charge in [0.2, 0.25) is 5.89 Å². The number of imidazole rings is 1. The Hall–Kier alpha value is -3.98. The van der Waals surface area contributed by atoms with Gasteiger partial charge in [0.05, 0.1) is 34.5 Å². The standard InChI is InChI=1S/C30H25Cl2N5O3/c1-19(38)20-2-4-26-27(13-20)37(17-30-34-9-11-39-30)29(35-26)16-36-10-7-22(15-36)21-6-8-33-24(12-21)18-40-28-5-3-23(31)14-25(28)32/h2-9,11-14H,10,15-18H2,1H3. The molecule has 202 valence electrons. The van der Waals surface area contributed by atoms with Crippen molar-refractivity contribution in [1.29, 1.82) is 0 Å². The molecule has 2 aromatic carbocycles. The van der Waals surface area contributed by atoms with Gasteiger partial charge in [-0.1, -0.05) is 29.3 Å². The highest BCUT2D eigenvalue weighted by molar-refractivity contribution is 6.35. The van der Waals surface area contributed by atoms with E-state index in [1.807, 2.05) is 30.3 Å². The van der Waals surface area contributed by atoms with E-state index in [9.17, 15) is 4.79 Å². The zero-order valence-corrected chi connectivity index (χ0v) is 23.2. The first-order valence-corrected chi connectivity index (χ1v) is 13.5. The molecule has 10 heteroatoms. The number of hydrogen-bond donors (Lipinski definition) is 0. The molecule has 0 N–H and O–H groups in total. The lowest BCUT2D eigenvalue weighted by molar-refractivity contribution is 0.101. The summed E-state index contributed by atoms with van der Waals surface area (Å²) in [7, 11) is 0. The van der Waals surface area contributed by atoms with Gasteiger partial charge in [-0.05, 0) is 66.6 Å². The molecule has 0 fully saturated rings. The van der Waals surface area contributed by atoms with Crippen LogP contribution in [0.15, 0.2) is 77.7 Å². The number of rotatable bonds is 9. The lowest BCUT2D eigenvalue weighted by Gasteiger charge is -2.17. The van der Waals surface area contributed by atoms with Crippen LogP contribution in [0.5, 0.6) is 5.75 Å². The molecule has 3 aromatic heterocycles. The van der Waals surface area contributed by atoms with Gasteiger partial charge < -0.3 is 13.7 Å². The molecule has 0 amide bonds. The highest BCUT2D eigenvalue weighted by Gasteiger charge is 2.21. The maximum Gasteiger partial charge on any atom is 0.213 e. The Balaban J connectivity index is 1.18. The number of pyridine rings is 1. The summed E-state index contributed by atoms with van der Waals surface area (Å²) >= 11 is 12.2. The number of Topliss-reactive ketones (excluding diaryl/α,β-unsaturated/α-hetero) is 1. The van der Waals surface area contributed by atoms with Crippen LogP contribution < -0.4 is 4.74 Å². The van der Waals surface area contributed by atoms with Crippen molar-refractivity contribution in [3.8, 4) is 5.75 Å². The van der Waals surface area contributed by atoms with E-state index in [1.54, 1.807) is 43.8 Å². The zero-order chi connectivity index (χ0) is 27.6. The molecule has 0 saturated carbocycles. The fourth-order valence-corrected chi connectivity index (χ4v) is 5.26. The number of fused-ring (bicyclic) bond motifs is 1. The minimum absolute atomic E-state index is 0.0130. The molecule has 0 saturated heterocycles. The maximum atomic E-state index is 12.0. The summed E-state index contributed by atoms with van der Waals surface area (Å²) in [5, 5.41) is 1.02. The molecule has 0 aliphatic carbocycles. The van der Waals surface area contributed by atoms with Crippen LogP contribution in [0.1, 0.15) is 40.3 Å².